The average Bonchev–Trinajstić information content (AvgIpc) is 2.21. The van der Waals surface area contributed by atoms with Crippen LogP contribution in [0.25, 0.3) is 0 Å². The highest BCUT2D eigenvalue weighted by molar-refractivity contribution is 9.11. The van der Waals surface area contributed by atoms with Crippen LogP contribution in [-0.2, 0) is 11.2 Å². The van der Waals surface area contributed by atoms with Crippen molar-refractivity contribution in [2.45, 2.75) is 6.42 Å². The normalized spacial score (nSPS) is 9.94. The molecule has 86 valence electrons. The maximum Gasteiger partial charge on any atom is 0.224 e. The van der Waals surface area contributed by atoms with Gasteiger partial charge < -0.3 is 5.32 Å². The number of halogens is 3. The molecule has 0 radical (unpaired) electrons. The van der Waals surface area contributed by atoms with Gasteiger partial charge in [0.1, 0.15) is 0 Å². The largest absolute Gasteiger partial charge is 0.351 e. The standard InChI is InChI=1S/C11H10BrCl2NO/c1-7(12)6-15-11(16)5-8-2-3-9(13)10(14)4-8/h2-4H,1,5-6H2,(H,15,16). The van der Waals surface area contributed by atoms with Gasteiger partial charge in [-0.25, -0.2) is 0 Å². The van der Waals surface area contributed by atoms with Crippen LogP contribution in [0.1, 0.15) is 5.56 Å². The smallest absolute Gasteiger partial charge is 0.224 e. The predicted molar refractivity (Wildman–Crippen MR) is 71.2 cm³/mol. The highest BCUT2D eigenvalue weighted by Crippen LogP contribution is 2.22. The van der Waals surface area contributed by atoms with Crippen LogP contribution in [-0.4, -0.2) is 12.5 Å². The second kappa shape index (κ2) is 6.28. The fraction of sp³-hybridized carbons (Fsp3) is 0.182. The molecular weight excluding hydrogens is 313 g/mol. The third-order valence-electron chi connectivity index (χ3n) is 1.83. The molecule has 0 saturated heterocycles. The number of nitrogens with one attached hydrogen (secondary N) is 1. The van der Waals surface area contributed by atoms with E-state index in [1.165, 1.54) is 0 Å². The Morgan fingerprint density at radius 3 is 2.62 bits per heavy atom. The molecule has 1 N–H and O–H groups in total. The summed E-state index contributed by atoms with van der Waals surface area (Å²) < 4.78 is 0.731. The minimum absolute atomic E-state index is 0.0843. The number of rotatable bonds is 4. The molecule has 1 aromatic rings. The molecule has 2 nitrogen and oxygen atoms in total. The van der Waals surface area contributed by atoms with Gasteiger partial charge in [0.15, 0.2) is 0 Å². The summed E-state index contributed by atoms with van der Waals surface area (Å²) in [5.74, 6) is -0.0843. The molecule has 1 aromatic carbocycles. The van der Waals surface area contributed by atoms with E-state index in [1.54, 1.807) is 18.2 Å². The lowest BCUT2D eigenvalue weighted by Crippen LogP contribution is -2.25. The van der Waals surface area contributed by atoms with Crippen molar-refractivity contribution >= 4 is 45.0 Å². The molecule has 0 heterocycles. The average molecular weight is 323 g/mol. The number of carbonyl (C=O) groups is 1. The van der Waals surface area contributed by atoms with Crippen molar-refractivity contribution in [3.8, 4) is 0 Å². The molecule has 5 heteroatoms. The highest BCUT2D eigenvalue weighted by Gasteiger charge is 2.05. The minimum atomic E-state index is -0.0843. The maximum atomic E-state index is 11.5. The molecule has 16 heavy (non-hydrogen) atoms. The van der Waals surface area contributed by atoms with E-state index in [4.69, 9.17) is 23.2 Å². The van der Waals surface area contributed by atoms with Crippen LogP contribution < -0.4 is 5.32 Å². The number of benzene rings is 1. The molecule has 0 aromatic heterocycles. The quantitative estimate of drug-likeness (QED) is 0.902. The summed E-state index contributed by atoms with van der Waals surface area (Å²) in [7, 11) is 0. The number of hydrogen-bond donors (Lipinski definition) is 1. The molecule has 0 bridgehead atoms. The lowest BCUT2D eigenvalue weighted by Gasteiger charge is -2.05. The molecule has 0 spiro atoms. The van der Waals surface area contributed by atoms with Gasteiger partial charge in [-0.1, -0.05) is 51.8 Å². The van der Waals surface area contributed by atoms with Gasteiger partial charge in [0, 0.05) is 11.0 Å². The first-order chi connectivity index (χ1) is 7.49. The number of carbonyl (C=O) groups excluding carboxylic acids is 1. The predicted octanol–water partition coefficient (Wildman–Crippen LogP) is 3.56. The summed E-state index contributed by atoms with van der Waals surface area (Å²) in [6.07, 6.45) is 0.275. The van der Waals surface area contributed by atoms with Crippen LogP contribution in [0, 0.1) is 0 Å². The van der Waals surface area contributed by atoms with E-state index in [1.807, 2.05) is 0 Å². The fourth-order valence-electron chi connectivity index (χ4n) is 1.09. The van der Waals surface area contributed by atoms with Crippen molar-refractivity contribution < 1.29 is 4.79 Å². The zero-order chi connectivity index (χ0) is 12.1. The minimum Gasteiger partial charge on any atom is -0.351 e. The van der Waals surface area contributed by atoms with Crippen molar-refractivity contribution in [2.24, 2.45) is 0 Å². The van der Waals surface area contributed by atoms with Crippen LogP contribution >= 0.6 is 39.1 Å². The molecule has 0 atom stereocenters. The van der Waals surface area contributed by atoms with E-state index in [9.17, 15) is 4.79 Å². The summed E-state index contributed by atoms with van der Waals surface area (Å²) in [5, 5.41) is 3.64. The van der Waals surface area contributed by atoms with E-state index < -0.39 is 0 Å². The van der Waals surface area contributed by atoms with Gasteiger partial charge in [0.05, 0.1) is 16.5 Å². The maximum absolute atomic E-state index is 11.5. The molecular formula is C11H10BrCl2NO. The molecule has 0 unspecified atom stereocenters. The monoisotopic (exact) mass is 321 g/mol. The Morgan fingerprint density at radius 1 is 1.38 bits per heavy atom. The topological polar surface area (TPSA) is 29.1 Å². The molecule has 0 aliphatic rings. The summed E-state index contributed by atoms with van der Waals surface area (Å²) in [6, 6.07) is 5.14. The molecule has 0 aliphatic heterocycles. The van der Waals surface area contributed by atoms with Gasteiger partial charge in [-0.3, -0.25) is 4.79 Å². The Hall–Kier alpha value is -0.510. The second-order valence-electron chi connectivity index (χ2n) is 3.22. The van der Waals surface area contributed by atoms with E-state index in [0.717, 1.165) is 10.0 Å². The first kappa shape index (κ1) is 13.6. The first-order valence-electron chi connectivity index (χ1n) is 4.53. The number of amides is 1. The van der Waals surface area contributed by atoms with Crippen molar-refractivity contribution in [2.75, 3.05) is 6.54 Å². The lowest BCUT2D eigenvalue weighted by atomic mass is 10.1. The molecule has 1 rings (SSSR count). The van der Waals surface area contributed by atoms with Gasteiger partial charge in [-0.05, 0) is 17.7 Å². The van der Waals surface area contributed by atoms with Crippen molar-refractivity contribution in [1.29, 1.82) is 0 Å². The summed E-state index contributed by atoms with van der Waals surface area (Å²) in [6.45, 7) is 4.04. The van der Waals surface area contributed by atoms with Gasteiger partial charge >= 0.3 is 0 Å². The van der Waals surface area contributed by atoms with E-state index in [2.05, 4.69) is 27.8 Å². The van der Waals surface area contributed by atoms with Gasteiger partial charge in [-0.2, -0.15) is 0 Å². The lowest BCUT2D eigenvalue weighted by molar-refractivity contribution is -0.120. The van der Waals surface area contributed by atoms with E-state index in [-0.39, 0.29) is 12.3 Å². The third kappa shape index (κ3) is 4.56. The SMILES string of the molecule is C=C(Br)CNC(=O)Cc1ccc(Cl)c(Cl)c1. The zero-order valence-corrected chi connectivity index (χ0v) is 11.5. The van der Waals surface area contributed by atoms with Gasteiger partial charge in [0.2, 0.25) is 5.91 Å². The molecule has 0 fully saturated rings. The van der Waals surface area contributed by atoms with Crippen LogP contribution in [0.2, 0.25) is 10.0 Å². The number of hydrogen-bond acceptors (Lipinski definition) is 1. The highest BCUT2D eigenvalue weighted by atomic mass is 79.9. The van der Waals surface area contributed by atoms with Crippen molar-refractivity contribution in [3.63, 3.8) is 0 Å². The Labute approximate surface area is 113 Å². The summed E-state index contributed by atoms with van der Waals surface area (Å²) in [5.41, 5.74) is 0.826. The Bertz CT molecular complexity index is 420. The van der Waals surface area contributed by atoms with E-state index >= 15 is 0 Å². The summed E-state index contributed by atoms with van der Waals surface area (Å²) in [4.78, 5) is 11.5. The van der Waals surface area contributed by atoms with E-state index in [0.29, 0.717) is 16.6 Å². The fourth-order valence-corrected chi connectivity index (χ4v) is 1.55. The van der Waals surface area contributed by atoms with Crippen molar-refractivity contribution in [1.82, 2.24) is 5.32 Å². The molecule has 0 saturated carbocycles. The molecule has 1 amide bonds. The van der Waals surface area contributed by atoms with Crippen molar-refractivity contribution in [3.05, 3.63) is 44.9 Å². The van der Waals surface area contributed by atoms with Crippen LogP contribution in [0.15, 0.2) is 29.3 Å². The molecule has 0 aliphatic carbocycles. The van der Waals surface area contributed by atoms with Gasteiger partial charge in [0.25, 0.3) is 0 Å². The Kier molecular flexibility index (Phi) is 5.32. The first-order valence-corrected chi connectivity index (χ1v) is 6.08. The summed E-state index contributed by atoms with van der Waals surface area (Å²) >= 11 is 14.8. The Morgan fingerprint density at radius 2 is 2.06 bits per heavy atom. The zero-order valence-electron chi connectivity index (χ0n) is 8.40. The Balaban J connectivity index is 2.56. The second-order valence-corrected chi connectivity index (χ2v) is 5.16. The van der Waals surface area contributed by atoms with Gasteiger partial charge in [-0.15, -0.1) is 0 Å². The third-order valence-corrected chi connectivity index (χ3v) is 2.85. The van der Waals surface area contributed by atoms with Crippen LogP contribution in [0.3, 0.4) is 0 Å². The van der Waals surface area contributed by atoms with Crippen LogP contribution in [0.4, 0.5) is 0 Å². The van der Waals surface area contributed by atoms with Crippen LogP contribution in [0.5, 0.6) is 0 Å².